The van der Waals surface area contributed by atoms with Crippen molar-refractivity contribution in [3.8, 4) is 17.2 Å². The first-order valence-electron chi connectivity index (χ1n) is 11.3. The Bertz CT molecular complexity index is 1180. The number of ether oxygens (including phenoxy) is 3. The first-order valence-corrected chi connectivity index (χ1v) is 11.3. The van der Waals surface area contributed by atoms with Crippen LogP contribution in [0, 0.1) is 5.92 Å². The lowest BCUT2D eigenvalue weighted by molar-refractivity contribution is 0.0591. The van der Waals surface area contributed by atoms with Crippen LogP contribution in [-0.2, 0) is 9.47 Å². The Kier molecular flexibility index (Phi) is 6.29. The zero-order chi connectivity index (χ0) is 23.5. The molecule has 3 aromatic rings. The Morgan fingerprint density at radius 2 is 1.59 bits per heavy atom. The molecule has 0 unspecified atom stereocenters. The highest BCUT2D eigenvalue weighted by Gasteiger charge is 2.48. The van der Waals surface area contributed by atoms with Crippen molar-refractivity contribution in [2.75, 3.05) is 13.2 Å². The lowest BCUT2D eigenvalue weighted by atomic mass is 9.92. The maximum absolute atomic E-state index is 13.0. The standard InChI is InChI=1S/C27H25NO6/c29-20-8-4-7-18(12-20)27(31)28-23-16-33-25-19(15-32-26(23)25)14-24(30)17-6-5-11-22(13-17)34-21-9-2-1-3-10-21/h1-13,19,23,25-26,29H,14-16H2,(H,28,31)/t19-,23-,25+,26+/m0/s1. The molecule has 2 N–H and O–H groups in total. The third kappa shape index (κ3) is 4.81. The molecule has 2 saturated heterocycles. The molecular weight excluding hydrogens is 434 g/mol. The third-order valence-corrected chi connectivity index (χ3v) is 6.16. The minimum atomic E-state index is -0.317. The molecule has 0 bridgehead atoms. The summed E-state index contributed by atoms with van der Waals surface area (Å²) in [5.41, 5.74) is 0.939. The van der Waals surface area contributed by atoms with Crippen LogP contribution in [0.1, 0.15) is 27.1 Å². The molecule has 2 heterocycles. The second-order valence-corrected chi connectivity index (χ2v) is 8.56. The molecule has 5 rings (SSSR count). The number of Topliss-reactive ketones (excluding diaryl/α,β-unsaturated/α-hetero) is 1. The smallest absolute Gasteiger partial charge is 0.251 e. The largest absolute Gasteiger partial charge is 0.508 e. The van der Waals surface area contributed by atoms with Crippen LogP contribution in [-0.4, -0.2) is 48.3 Å². The minimum Gasteiger partial charge on any atom is -0.508 e. The molecule has 0 saturated carbocycles. The van der Waals surface area contributed by atoms with Gasteiger partial charge in [-0.15, -0.1) is 0 Å². The van der Waals surface area contributed by atoms with E-state index >= 15 is 0 Å². The average molecular weight is 459 g/mol. The molecule has 2 aliphatic rings. The first kappa shape index (κ1) is 22.1. The number of carbonyl (C=O) groups excluding carboxylic acids is 2. The number of amides is 1. The Morgan fingerprint density at radius 3 is 2.41 bits per heavy atom. The zero-order valence-corrected chi connectivity index (χ0v) is 18.4. The number of para-hydroxylation sites is 1. The van der Waals surface area contributed by atoms with Gasteiger partial charge in [0.1, 0.15) is 23.4 Å². The second kappa shape index (κ2) is 9.67. The topological polar surface area (TPSA) is 94.1 Å². The van der Waals surface area contributed by atoms with E-state index in [0.29, 0.717) is 35.8 Å². The van der Waals surface area contributed by atoms with Crippen molar-refractivity contribution in [2.45, 2.75) is 24.7 Å². The molecule has 34 heavy (non-hydrogen) atoms. The number of hydrogen-bond acceptors (Lipinski definition) is 6. The molecule has 2 aliphatic heterocycles. The van der Waals surface area contributed by atoms with Crippen LogP contribution in [0.4, 0.5) is 0 Å². The molecule has 174 valence electrons. The number of carbonyl (C=O) groups is 2. The molecule has 7 nitrogen and oxygen atoms in total. The molecular formula is C27H25NO6. The quantitative estimate of drug-likeness (QED) is 0.520. The molecule has 4 atom stereocenters. The maximum atomic E-state index is 13.0. The molecule has 0 spiro atoms. The van der Waals surface area contributed by atoms with E-state index in [0.717, 1.165) is 0 Å². The average Bonchev–Trinajstić information content (AvgIpc) is 3.43. The van der Waals surface area contributed by atoms with E-state index in [4.69, 9.17) is 14.2 Å². The van der Waals surface area contributed by atoms with Gasteiger partial charge in [-0.1, -0.05) is 36.4 Å². The lowest BCUT2D eigenvalue weighted by Gasteiger charge is -2.18. The van der Waals surface area contributed by atoms with Crippen molar-refractivity contribution < 1.29 is 28.9 Å². The summed E-state index contributed by atoms with van der Waals surface area (Å²) in [4.78, 5) is 25.6. The van der Waals surface area contributed by atoms with Crippen LogP contribution in [0.5, 0.6) is 17.2 Å². The summed E-state index contributed by atoms with van der Waals surface area (Å²) < 4.78 is 17.7. The monoisotopic (exact) mass is 459 g/mol. The molecule has 1 amide bonds. The number of phenols is 1. The van der Waals surface area contributed by atoms with Gasteiger partial charge in [0.2, 0.25) is 0 Å². The Morgan fingerprint density at radius 1 is 0.853 bits per heavy atom. The SMILES string of the molecule is O=C(C[C@H]1CO[C@H]2[C@@H]1OC[C@@H]2NC(=O)c1cccc(O)c1)c1cccc(Oc2ccccc2)c1. The summed E-state index contributed by atoms with van der Waals surface area (Å²) in [6, 6.07) is 22.4. The fraction of sp³-hybridized carbons (Fsp3) is 0.259. The van der Waals surface area contributed by atoms with E-state index in [1.165, 1.54) is 12.1 Å². The van der Waals surface area contributed by atoms with E-state index in [1.807, 2.05) is 36.4 Å². The normalized spacial score (nSPS) is 23.3. The number of hydrogen-bond donors (Lipinski definition) is 2. The van der Waals surface area contributed by atoms with Gasteiger partial charge >= 0.3 is 0 Å². The number of aromatic hydroxyl groups is 1. The number of nitrogens with one attached hydrogen (secondary N) is 1. The number of fused-ring (bicyclic) bond motifs is 1. The van der Waals surface area contributed by atoms with Gasteiger partial charge in [-0.05, 0) is 42.5 Å². The first-order chi connectivity index (χ1) is 16.6. The van der Waals surface area contributed by atoms with Crippen LogP contribution >= 0.6 is 0 Å². The number of phenolic OH excluding ortho intramolecular Hbond substituents is 1. The van der Waals surface area contributed by atoms with Gasteiger partial charge in [-0.2, -0.15) is 0 Å². The fourth-order valence-electron chi connectivity index (χ4n) is 4.49. The number of benzene rings is 3. The van der Waals surface area contributed by atoms with E-state index in [2.05, 4.69) is 5.32 Å². The highest BCUT2D eigenvalue weighted by atomic mass is 16.6. The lowest BCUT2D eigenvalue weighted by Crippen LogP contribution is -2.44. The number of ketones is 1. The third-order valence-electron chi connectivity index (χ3n) is 6.16. The van der Waals surface area contributed by atoms with Crippen LogP contribution in [0.3, 0.4) is 0 Å². The Hall–Kier alpha value is -3.68. The van der Waals surface area contributed by atoms with Crippen molar-refractivity contribution in [2.24, 2.45) is 5.92 Å². The van der Waals surface area contributed by atoms with E-state index < -0.39 is 0 Å². The van der Waals surface area contributed by atoms with Crippen molar-refractivity contribution in [1.82, 2.24) is 5.32 Å². The minimum absolute atomic E-state index is 0.0105. The van der Waals surface area contributed by atoms with Crippen molar-refractivity contribution in [3.05, 3.63) is 90.0 Å². The van der Waals surface area contributed by atoms with Crippen molar-refractivity contribution >= 4 is 11.7 Å². The zero-order valence-electron chi connectivity index (χ0n) is 18.4. The van der Waals surface area contributed by atoms with Gasteiger partial charge in [0.25, 0.3) is 5.91 Å². The summed E-state index contributed by atoms with van der Waals surface area (Å²) in [6.07, 6.45) is -0.294. The molecule has 7 heteroatoms. The predicted octanol–water partition coefficient (Wildman–Crippen LogP) is 3.97. The summed E-state index contributed by atoms with van der Waals surface area (Å²) in [5, 5.41) is 12.5. The molecule has 0 aliphatic carbocycles. The Labute approximate surface area is 197 Å². The number of rotatable bonds is 7. The summed E-state index contributed by atoms with van der Waals surface area (Å²) in [5.74, 6) is 0.926. The van der Waals surface area contributed by atoms with Crippen molar-refractivity contribution in [3.63, 3.8) is 0 Å². The van der Waals surface area contributed by atoms with Gasteiger partial charge in [-0.25, -0.2) is 0 Å². The highest BCUT2D eigenvalue weighted by molar-refractivity contribution is 5.96. The maximum Gasteiger partial charge on any atom is 0.251 e. The van der Waals surface area contributed by atoms with Crippen LogP contribution in [0.2, 0.25) is 0 Å². The molecule has 3 aromatic carbocycles. The molecule has 2 fully saturated rings. The van der Waals surface area contributed by atoms with Crippen LogP contribution < -0.4 is 10.1 Å². The van der Waals surface area contributed by atoms with Crippen LogP contribution in [0.15, 0.2) is 78.9 Å². The van der Waals surface area contributed by atoms with Gasteiger partial charge in [-0.3, -0.25) is 9.59 Å². The van der Waals surface area contributed by atoms with Gasteiger partial charge in [0.15, 0.2) is 5.78 Å². The molecule has 0 aromatic heterocycles. The second-order valence-electron chi connectivity index (χ2n) is 8.56. The molecule has 0 radical (unpaired) electrons. The predicted molar refractivity (Wildman–Crippen MR) is 124 cm³/mol. The van der Waals surface area contributed by atoms with Crippen molar-refractivity contribution in [1.29, 1.82) is 0 Å². The highest BCUT2D eigenvalue weighted by Crippen LogP contribution is 2.34. The van der Waals surface area contributed by atoms with E-state index in [1.54, 1.807) is 30.3 Å². The van der Waals surface area contributed by atoms with Crippen LogP contribution in [0.25, 0.3) is 0 Å². The Balaban J connectivity index is 1.19. The summed E-state index contributed by atoms with van der Waals surface area (Å²) in [6.45, 7) is 0.699. The summed E-state index contributed by atoms with van der Waals surface area (Å²) >= 11 is 0. The van der Waals surface area contributed by atoms with Gasteiger partial charge < -0.3 is 24.6 Å². The van der Waals surface area contributed by atoms with E-state index in [-0.39, 0.29) is 48.0 Å². The van der Waals surface area contributed by atoms with Gasteiger partial charge in [0, 0.05) is 23.5 Å². The summed E-state index contributed by atoms with van der Waals surface area (Å²) in [7, 11) is 0. The van der Waals surface area contributed by atoms with E-state index in [9.17, 15) is 14.7 Å². The van der Waals surface area contributed by atoms with Gasteiger partial charge in [0.05, 0.1) is 25.4 Å². The fourth-order valence-corrected chi connectivity index (χ4v) is 4.49.